The maximum Gasteiger partial charge on any atom is -0.0172 e. The second kappa shape index (κ2) is 24.4. The van der Waals surface area contributed by atoms with E-state index in [-0.39, 0.29) is 0 Å². The summed E-state index contributed by atoms with van der Waals surface area (Å²) >= 11 is 0. The van der Waals surface area contributed by atoms with Gasteiger partial charge in [-0.1, -0.05) is 273 Å². The molecule has 10 aromatic carbocycles. The second-order valence-electron chi connectivity index (χ2n) is 23.2. The smallest absolute Gasteiger partial charge is 0.0172 e. The summed E-state index contributed by atoms with van der Waals surface area (Å²) in [5, 5.41) is 0. The molecule has 0 bridgehead atoms. The van der Waals surface area contributed by atoms with Gasteiger partial charge in [-0.25, -0.2) is 0 Å². The lowest BCUT2D eigenvalue weighted by Crippen LogP contribution is -1.93. The van der Waals surface area contributed by atoms with Crippen molar-refractivity contribution in [3.05, 3.63) is 270 Å². The van der Waals surface area contributed by atoms with Crippen LogP contribution in [0, 0.1) is 0 Å². The zero-order valence-electron chi connectivity index (χ0n) is 46.9. The average Bonchev–Trinajstić information content (AvgIpc) is 3.55. The summed E-state index contributed by atoms with van der Waals surface area (Å²) in [4.78, 5) is 0. The normalized spacial score (nSPS) is 14.6. The van der Waals surface area contributed by atoms with Crippen LogP contribution in [-0.2, 0) is 0 Å². The molecule has 3 saturated carbocycles. The SMILES string of the molecule is C(=C1CCCCC1)c1ccc(-c2ccc(-c3ccc(-c4cc(-c5ccc(-c6ccc(-c7ccc(C=C8CCCCC8)cc7)cc6)cc5)cc(-c5ccc(-c6ccc(-c7ccc(C=C8CCCCC8)cc7)cc6)cc5)c4)cc3)cc2)cc1. The molecule has 81 heavy (non-hydrogen) atoms. The van der Waals surface area contributed by atoms with Gasteiger partial charge in [0.1, 0.15) is 0 Å². The van der Waals surface area contributed by atoms with Crippen LogP contribution in [0.1, 0.15) is 113 Å². The highest BCUT2D eigenvalue weighted by atomic mass is 14.2. The molecule has 3 aliphatic carbocycles. The summed E-state index contributed by atoms with van der Waals surface area (Å²) in [6.07, 6.45) is 26.8. The summed E-state index contributed by atoms with van der Waals surface area (Å²) in [5.74, 6) is 0. The predicted octanol–water partition coefficient (Wildman–Crippen LogP) is 23.7. The number of allylic oxidation sites excluding steroid dienone is 3. The third kappa shape index (κ3) is 12.6. The Hall–Kier alpha value is -8.58. The fraction of sp³-hybridized carbons (Fsp3) is 0.185. The molecule has 3 aliphatic rings. The average molecular weight is 1050 g/mol. The van der Waals surface area contributed by atoms with E-state index in [9.17, 15) is 0 Å². The van der Waals surface area contributed by atoms with E-state index >= 15 is 0 Å². The van der Waals surface area contributed by atoms with E-state index in [4.69, 9.17) is 0 Å². The standard InChI is InChI=1S/C81H72/c1-4-10-58(11-5-1)52-61-16-22-64(23-17-61)67-28-34-70(35-29-67)73-40-46-76(47-41-73)79-55-80(77-48-42-74(43-49-77)71-36-30-68(31-37-71)65-24-18-62(19-25-65)53-59-12-6-2-7-13-59)57-81(56-79)78-50-44-75(45-51-78)72-38-32-69(33-39-72)66-26-20-63(21-27-66)54-60-14-8-3-9-15-60/h16-57H,1-15H2. The van der Waals surface area contributed by atoms with Gasteiger partial charge >= 0.3 is 0 Å². The molecule has 0 amide bonds. The fourth-order valence-corrected chi connectivity index (χ4v) is 12.7. The molecule has 0 radical (unpaired) electrons. The van der Waals surface area contributed by atoms with E-state index in [1.807, 2.05) is 0 Å². The van der Waals surface area contributed by atoms with Crippen molar-refractivity contribution < 1.29 is 0 Å². The first kappa shape index (κ1) is 51.8. The molecule has 0 heteroatoms. The molecular formula is C81H72. The molecular weight excluding hydrogens is 973 g/mol. The molecule has 10 aromatic rings. The van der Waals surface area contributed by atoms with Crippen LogP contribution in [0.3, 0.4) is 0 Å². The molecule has 0 saturated heterocycles. The fourth-order valence-electron chi connectivity index (χ4n) is 12.7. The quantitative estimate of drug-likeness (QED) is 0.114. The molecule has 0 atom stereocenters. The Morgan fingerprint density at radius 1 is 0.148 bits per heavy atom. The lowest BCUT2D eigenvalue weighted by atomic mass is 9.91. The van der Waals surface area contributed by atoms with E-state index in [0.29, 0.717) is 0 Å². The van der Waals surface area contributed by atoms with Crippen molar-refractivity contribution in [1.29, 1.82) is 0 Å². The van der Waals surface area contributed by atoms with Crippen LogP contribution in [-0.4, -0.2) is 0 Å². The molecule has 0 aliphatic heterocycles. The Morgan fingerprint density at radius 2 is 0.284 bits per heavy atom. The van der Waals surface area contributed by atoms with Gasteiger partial charge in [-0.15, -0.1) is 0 Å². The molecule has 0 N–H and O–H groups in total. The first-order valence-corrected chi connectivity index (χ1v) is 30.2. The van der Waals surface area contributed by atoms with E-state index in [2.05, 4.69) is 255 Å². The summed E-state index contributed by atoms with van der Waals surface area (Å²) < 4.78 is 0. The maximum absolute atomic E-state index is 2.41. The lowest BCUT2D eigenvalue weighted by molar-refractivity contribution is 0.602. The Labute approximate surface area is 482 Å². The maximum atomic E-state index is 2.41. The Balaban J connectivity index is 0.747. The van der Waals surface area contributed by atoms with Crippen LogP contribution in [0.15, 0.2) is 253 Å². The van der Waals surface area contributed by atoms with Crippen LogP contribution in [0.5, 0.6) is 0 Å². The number of rotatable bonds is 12. The van der Waals surface area contributed by atoms with Crippen LogP contribution >= 0.6 is 0 Å². The van der Waals surface area contributed by atoms with Gasteiger partial charge in [-0.3, -0.25) is 0 Å². The summed E-state index contributed by atoms with van der Waals surface area (Å²) in [6, 6.07) is 89.0. The predicted molar refractivity (Wildman–Crippen MR) is 349 cm³/mol. The van der Waals surface area contributed by atoms with Gasteiger partial charge in [0.2, 0.25) is 0 Å². The van der Waals surface area contributed by atoms with E-state index in [1.54, 1.807) is 16.7 Å². The lowest BCUT2D eigenvalue weighted by Gasteiger charge is -2.14. The minimum absolute atomic E-state index is 1.20. The number of hydrogen-bond acceptors (Lipinski definition) is 0. The van der Waals surface area contributed by atoms with Gasteiger partial charge in [0.25, 0.3) is 0 Å². The minimum atomic E-state index is 1.20. The van der Waals surface area contributed by atoms with E-state index < -0.39 is 0 Å². The number of benzene rings is 10. The van der Waals surface area contributed by atoms with Crippen LogP contribution in [0.4, 0.5) is 0 Å². The van der Waals surface area contributed by atoms with Crippen LogP contribution in [0.25, 0.3) is 118 Å². The molecule has 13 rings (SSSR count). The Bertz CT molecular complexity index is 3380. The molecule has 0 heterocycles. The van der Waals surface area contributed by atoms with Gasteiger partial charge in [0, 0.05) is 0 Å². The first-order valence-electron chi connectivity index (χ1n) is 30.2. The first-order chi connectivity index (χ1) is 40.0. The van der Waals surface area contributed by atoms with Gasteiger partial charge in [-0.2, -0.15) is 0 Å². The van der Waals surface area contributed by atoms with Crippen molar-refractivity contribution in [2.75, 3.05) is 0 Å². The van der Waals surface area contributed by atoms with Crippen LogP contribution < -0.4 is 0 Å². The highest BCUT2D eigenvalue weighted by Gasteiger charge is 2.13. The van der Waals surface area contributed by atoms with Crippen molar-refractivity contribution in [3.63, 3.8) is 0 Å². The number of hydrogen-bond donors (Lipinski definition) is 0. The minimum Gasteiger partial charge on any atom is -0.0696 e. The molecule has 0 nitrogen and oxygen atoms in total. The van der Waals surface area contributed by atoms with E-state index in [0.717, 1.165) is 0 Å². The van der Waals surface area contributed by atoms with Crippen molar-refractivity contribution >= 4 is 18.2 Å². The zero-order valence-corrected chi connectivity index (χ0v) is 46.9. The third-order valence-electron chi connectivity index (χ3n) is 17.6. The summed E-state index contributed by atoms with van der Waals surface area (Å²) in [6.45, 7) is 0. The molecule has 0 aromatic heterocycles. The topological polar surface area (TPSA) is 0 Å². The summed E-state index contributed by atoms with van der Waals surface area (Å²) in [5.41, 5.74) is 30.7. The van der Waals surface area contributed by atoms with E-state index in [1.165, 1.54) is 213 Å². The van der Waals surface area contributed by atoms with Gasteiger partial charge in [0.15, 0.2) is 0 Å². The molecule has 0 unspecified atom stereocenters. The monoisotopic (exact) mass is 1040 g/mol. The van der Waals surface area contributed by atoms with Gasteiger partial charge in [-0.05, 0) is 212 Å². The Morgan fingerprint density at radius 3 is 0.444 bits per heavy atom. The van der Waals surface area contributed by atoms with Crippen molar-refractivity contribution in [2.24, 2.45) is 0 Å². The largest absolute Gasteiger partial charge is 0.0696 e. The molecule has 3 fully saturated rings. The summed E-state index contributed by atoms with van der Waals surface area (Å²) in [7, 11) is 0. The molecule has 0 spiro atoms. The van der Waals surface area contributed by atoms with Crippen LogP contribution in [0.2, 0.25) is 0 Å². The Kier molecular flexibility index (Phi) is 15.6. The van der Waals surface area contributed by atoms with Gasteiger partial charge < -0.3 is 0 Å². The van der Waals surface area contributed by atoms with Crippen molar-refractivity contribution in [3.8, 4) is 100 Å². The van der Waals surface area contributed by atoms with Gasteiger partial charge in [0.05, 0.1) is 0 Å². The van der Waals surface area contributed by atoms with Crippen molar-refractivity contribution in [2.45, 2.75) is 96.3 Å². The highest BCUT2D eigenvalue weighted by molar-refractivity contribution is 5.84. The highest BCUT2D eigenvalue weighted by Crippen LogP contribution is 2.38. The second-order valence-corrected chi connectivity index (χ2v) is 23.2. The third-order valence-corrected chi connectivity index (χ3v) is 17.6. The molecule has 396 valence electrons. The zero-order chi connectivity index (χ0) is 54.2. The van der Waals surface area contributed by atoms with Crippen molar-refractivity contribution in [1.82, 2.24) is 0 Å².